The molecule has 4 heteroatoms. The molecule has 0 aliphatic carbocycles. The molecular weight excluding hydrogens is 242 g/mol. The van der Waals surface area contributed by atoms with Crippen LogP contribution in [0.4, 0.5) is 0 Å². The van der Waals surface area contributed by atoms with E-state index in [4.69, 9.17) is 22.1 Å². The Bertz CT molecular complexity index is 323. The van der Waals surface area contributed by atoms with Crippen LogP contribution in [-0.2, 0) is 4.74 Å². The van der Waals surface area contributed by atoms with Crippen LogP contribution >= 0.6 is 22.9 Å². The van der Waals surface area contributed by atoms with Crippen molar-refractivity contribution in [2.45, 2.75) is 45.3 Å². The molecule has 16 heavy (non-hydrogen) atoms. The van der Waals surface area contributed by atoms with Crippen LogP contribution in [0.3, 0.4) is 0 Å². The molecule has 0 amide bonds. The molecular formula is C12H20ClNOS. The molecule has 0 bridgehead atoms. The monoisotopic (exact) mass is 261 g/mol. The van der Waals surface area contributed by atoms with Crippen LogP contribution in [0.2, 0.25) is 5.02 Å². The molecule has 0 aromatic carbocycles. The first kappa shape index (κ1) is 14.0. The molecule has 2 N–H and O–H groups in total. The Kier molecular flexibility index (Phi) is 5.25. The molecule has 1 unspecified atom stereocenters. The number of halogens is 1. The summed E-state index contributed by atoms with van der Waals surface area (Å²) in [5.41, 5.74) is 6.04. The van der Waals surface area contributed by atoms with E-state index in [9.17, 15) is 0 Å². The Labute approximate surface area is 107 Å². The first-order valence-electron chi connectivity index (χ1n) is 5.73. The number of hydrogen-bond acceptors (Lipinski definition) is 3. The molecule has 0 saturated carbocycles. The van der Waals surface area contributed by atoms with Crippen molar-refractivity contribution in [3.05, 3.63) is 21.3 Å². The fraction of sp³-hybridized carbons (Fsp3) is 0.667. The molecule has 0 radical (unpaired) electrons. The topological polar surface area (TPSA) is 35.2 Å². The van der Waals surface area contributed by atoms with Crippen molar-refractivity contribution in [3.63, 3.8) is 0 Å². The first-order valence-corrected chi connectivity index (χ1v) is 6.99. The summed E-state index contributed by atoms with van der Waals surface area (Å²) in [7, 11) is 0. The fourth-order valence-electron chi connectivity index (χ4n) is 2.04. The minimum atomic E-state index is -0.288. The van der Waals surface area contributed by atoms with E-state index in [-0.39, 0.29) is 11.6 Å². The molecule has 2 nitrogen and oxygen atoms in total. The molecule has 1 aromatic rings. The lowest BCUT2D eigenvalue weighted by molar-refractivity contribution is -0.0638. The Morgan fingerprint density at radius 3 is 2.44 bits per heavy atom. The van der Waals surface area contributed by atoms with Crippen LogP contribution in [0.15, 0.2) is 11.4 Å². The summed E-state index contributed by atoms with van der Waals surface area (Å²) in [6, 6.07) is 1.75. The maximum Gasteiger partial charge on any atom is 0.0877 e. The molecule has 1 rings (SSSR count). The Morgan fingerprint density at radius 1 is 1.44 bits per heavy atom. The summed E-state index contributed by atoms with van der Waals surface area (Å²) in [5.74, 6) is 0. The highest BCUT2D eigenvalue weighted by atomic mass is 35.5. The third-order valence-electron chi connectivity index (χ3n) is 3.12. The summed E-state index contributed by atoms with van der Waals surface area (Å²) < 4.78 is 5.89. The van der Waals surface area contributed by atoms with Gasteiger partial charge in [-0.25, -0.2) is 0 Å². The molecule has 92 valence electrons. The molecule has 0 spiro atoms. The predicted octanol–water partition coefficient (Wildman–Crippen LogP) is 4.00. The maximum atomic E-state index is 6.33. The van der Waals surface area contributed by atoms with Crippen LogP contribution in [0, 0.1) is 0 Å². The van der Waals surface area contributed by atoms with Gasteiger partial charge in [-0.05, 0) is 31.2 Å². The van der Waals surface area contributed by atoms with Gasteiger partial charge in [0.2, 0.25) is 0 Å². The van der Waals surface area contributed by atoms with Crippen LogP contribution in [0.5, 0.6) is 0 Å². The van der Waals surface area contributed by atoms with Crippen molar-refractivity contribution >= 4 is 22.9 Å². The number of nitrogens with two attached hydrogens (primary N) is 1. The Morgan fingerprint density at radius 2 is 2.06 bits per heavy atom. The fourth-order valence-corrected chi connectivity index (χ4v) is 3.32. The van der Waals surface area contributed by atoms with Gasteiger partial charge in [-0.15, -0.1) is 11.3 Å². The third kappa shape index (κ3) is 2.59. The summed E-state index contributed by atoms with van der Waals surface area (Å²) in [4.78, 5) is 1.03. The molecule has 0 fully saturated rings. The minimum absolute atomic E-state index is 0.144. The van der Waals surface area contributed by atoms with Gasteiger partial charge in [0, 0.05) is 11.5 Å². The van der Waals surface area contributed by atoms with Gasteiger partial charge < -0.3 is 10.5 Å². The summed E-state index contributed by atoms with van der Waals surface area (Å²) in [5, 5.41) is 2.72. The zero-order chi connectivity index (χ0) is 12.2. The number of ether oxygens (including phenoxy) is 1. The summed E-state index contributed by atoms with van der Waals surface area (Å²) in [6.07, 6.45) is 1.79. The zero-order valence-corrected chi connectivity index (χ0v) is 11.7. The second-order valence-corrected chi connectivity index (χ2v) is 5.17. The lowest BCUT2D eigenvalue weighted by Crippen LogP contribution is -2.42. The highest BCUT2D eigenvalue weighted by Crippen LogP contribution is 2.39. The number of thiophene rings is 1. The van der Waals surface area contributed by atoms with Crippen LogP contribution in [0.25, 0.3) is 0 Å². The van der Waals surface area contributed by atoms with E-state index < -0.39 is 0 Å². The van der Waals surface area contributed by atoms with Crippen LogP contribution in [0.1, 0.15) is 44.5 Å². The summed E-state index contributed by atoms with van der Waals surface area (Å²) >= 11 is 7.73. The van der Waals surface area contributed by atoms with Gasteiger partial charge in [-0.2, -0.15) is 0 Å². The van der Waals surface area contributed by atoms with E-state index in [2.05, 4.69) is 13.8 Å². The minimum Gasteiger partial charge on any atom is -0.373 e. The highest BCUT2D eigenvalue weighted by Gasteiger charge is 2.36. The molecule has 1 atom stereocenters. The van der Waals surface area contributed by atoms with Crippen molar-refractivity contribution in [3.8, 4) is 0 Å². The lowest BCUT2D eigenvalue weighted by Gasteiger charge is -2.37. The normalized spacial score (nSPS) is 14.1. The van der Waals surface area contributed by atoms with Crippen molar-refractivity contribution < 1.29 is 4.74 Å². The van der Waals surface area contributed by atoms with E-state index in [1.807, 2.05) is 18.4 Å². The van der Waals surface area contributed by atoms with Crippen molar-refractivity contribution in [1.29, 1.82) is 0 Å². The number of rotatable bonds is 6. The van der Waals surface area contributed by atoms with Crippen molar-refractivity contribution in [2.24, 2.45) is 5.73 Å². The summed E-state index contributed by atoms with van der Waals surface area (Å²) in [6.45, 7) is 6.91. The van der Waals surface area contributed by atoms with E-state index in [0.29, 0.717) is 6.61 Å². The van der Waals surface area contributed by atoms with E-state index in [1.54, 1.807) is 11.3 Å². The smallest absolute Gasteiger partial charge is 0.0877 e. The predicted molar refractivity (Wildman–Crippen MR) is 71.2 cm³/mol. The van der Waals surface area contributed by atoms with Crippen molar-refractivity contribution in [1.82, 2.24) is 0 Å². The molecule has 0 aliphatic heterocycles. The standard InChI is InChI=1S/C12H20ClNOS/c1-4-12(5-2,15-6-3)11(14)10-9(13)7-8-16-10/h7-8,11H,4-6,14H2,1-3H3. The molecule has 1 heterocycles. The largest absolute Gasteiger partial charge is 0.373 e. The first-order chi connectivity index (χ1) is 7.61. The average molecular weight is 262 g/mol. The lowest BCUT2D eigenvalue weighted by atomic mass is 9.87. The van der Waals surface area contributed by atoms with Crippen LogP contribution in [-0.4, -0.2) is 12.2 Å². The van der Waals surface area contributed by atoms with Gasteiger partial charge in [0.15, 0.2) is 0 Å². The zero-order valence-electron chi connectivity index (χ0n) is 10.1. The molecule has 1 aromatic heterocycles. The van der Waals surface area contributed by atoms with Crippen LogP contribution < -0.4 is 5.73 Å². The van der Waals surface area contributed by atoms with E-state index in [1.165, 1.54) is 0 Å². The van der Waals surface area contributed by atoms with Gasteiger partial charge >= 0.3 is 0 Å². The van der Waals surface area contributed by atoms with Gasteiger partial charge in [0.25, 0.3) is 0 Å². The second kappa shape index (κ2) is 6.01. The second-order valence-electron chi connectivity index (χ2n) is 3.82. The van der Waals surface area contributed by atoms with Gasteiger partial charge in [-0.1, -0.05) is 25.4 Å². The average Bonchev–Trinajstić information content (AvgIpc) is 2.71. The van der Waals surface area contributed by atoms with E-state index in [0.717, 1.165) is 22.7 Å². The SMILES string of the molecule is CCOC(CC)(CC)C(N)c1sccc1Cl. The number of hydrogen-bond donors (Lipinski definition) is 1. The third-order valence-corrected chi connectivity index (χ3v) is 4.56. The molecule has 0 aliphatic rings. The highest BCUT2D eigenvalue weighted by molar-refractivity contribution is 7.10. The molecule has 0 saturated heterocycles. The van der Waals surface area contributed by atoms with E-state index >= 15 is 0 Å². The van der Waals surface area contributed by atoms with Crippen molar-refractivity contribution in [2.75, 3.05) is 6.61 Å². The Hall–Kier alpha value is -0.0900. The van der Waals surface area contributed by atoms with Gasteiger partial charge in [0.1, 0.15) is 0 Å². The quantitative estimate of drug-likeness (QED) is 0.840. The maximum absolute atomic E-state index is 6.33. The van der Waals surface area contributed by atoms with Gasteiger partial charge in [-0.3, -0.25) is 0 Å². The van der Waals surface area contributed by atoms with Gasteiger partial charge in [0.05, 0.1) is 16.7 Å². The Balaban J connectivity index is 2.99.